The molecule has 3 rings (SSSR count). The fraction of sp³-hybridized carbons (Fsp3) is 0.571. The van der Waals surface area contributed by atoms with Crippen LogP contribution in [0.4, 0.5) is 10.5 Å². The third-order valence-corrected chi connectivity index (χ3v) is 5.46. The van der Waals surface area contributed by atoms with Gasteiger partial charge in [-0.25, -0.2) is 4.79 Å². The maximum Gasteiger partial charge on any atom is 0.317 e. The minimum absolute atomic E-state index is 0.0736. The summed E-state index contributed by atoms with van der Waals surface area (Å²) in [5.74, 6) is 0.492. The highest BCUT2D eigenvalue weighted by Gasteiger charge is 2.35. The maximum atomic E-state index is 12.7. The zero-order valence-electron chi connectivity index (χ0n) is 17.7. The van der Waals surface area contributed by atoms with Crippen molar-refractivity contribution >= 4 is 23.6 Å². The Balaban J connectivity index is 1.60. The Morgan fingerprint density at radius 3 is 2.63 bits per heavy atom. The summed E-state index contributed by atoms with van der Waals surface area (Å²) in [6.07, 6.45) is 1.69. The number of benzene rings is 1. The average molecular weight is 419 g/mol. The van der Waals surface area contributed by atoms with E-state index in [1.54, 1.807) is 49.1 Å². The average Bonchev–Trinajstić information content (AvgIpc) is 3.13. The van der Waals surface area contributed by atoms with Crippen LogP contribution in [0.1, 0.15) is 26.2 Å². The number of likely N-dealkylation sites (tertiary alicyclic amines) is 1. The molecule has 0 spiro atoms. The van der Waals surface area contributed by atoms with Crippen molar-refractivity contribution in [1.82, 2.24) is 10.2 Å². The number of esters is 1. The van der Waals surface area contributed by atoms with Crippen LogP contribution in [0.25, 0.3) is 0 Å². The lowest BCUT2D eigenvalue weighted by atomic mass is 9.98. The lowest BCUT2D eigenvalue weighted by Crippen LogP contribution is -2.50. The Hall–Kier alpha value is -2.97. The standard InChI is InChI=1S/C21H29N3O6/c1-4-30-20(26)14-6-5-9-23(12-14)21(27)22-15-10-19(25)24(13-15)16-7-8-17(28-2)18(11-16)29-3/h7-8,11,14-15H,4-6,9-10,12-13H2,1-3H3,(H,22,27)/t14-,15-/m1/s1. The van der Waals surface area contributed by atoms with Crippen molar-refractivity contribution < 1.29 is 28.6 Å². The number of nitrogens with one attached hydrogen (secondary N) is 1. The lowest BCUT2D eigenvalue weighted by molar-refractivity contribution is -0.149. The number of carbonyl (C=O) groups excluding carboxylic acids is 3. The van der Waals surface area contributed by atoms with Crippen LogP contribution in [-0.2, 0) is 14.3 Å². The van der Waals surface area contributed by atoms with E-state index < -0.39 is 0 Å². The Morgan fingerprint density at radius 1 is 1.17 bits per heavy atom. The first-order valence-electron chi connectivity index (χ1n) is 10.2. The van der Waals surface area contributed by atoms with Crippen LogP contribution < -0.4 is 19.7 Å². The van der Waals surface area contributed by atoms with E-state index in [0.717, 1.165) is 12.8 Å². The molecule has 2 aliphatic heterocycles. The van der Waals surface area contributed by atoms with Gasteiger partial charge in [0.15, 0.2) is 11.5 Å². The van der Waals surface area contributed by atoms with E-state index in [1.807, 2.05) is 0 Å². The topological polar surface area (TPSA) is 97.4 Å². The predicted molar refractivity (Wildman–Crippen MR) is 110 cm³/mol. The second-order valence-electron chi connectivity index (χ2n) is 7.43. The lowest BCUT2D eigenvalue weighted by Gasteiger charge is -2.32. The molecule has 1 aromatic carbocycles. The molecule has 0 bridgehead atoms. The molecule has 9 nitrogen and oxygen atoms in total. The molecule has 2 atom stereocenters. The number of methoxy groups -OCH3 is 2. The molecule has 1 N–H and O–H groups in total. The number of carbonyl (C=O) groups is 3. The summed E-state index contributed by atoms with van der Waals surface area (Å²) >= 11 is 0. The smallest absolute Gasteiger partial charge is 0.317 e. The van der Waals surface area contributed by atoms with E-state index in [0.29, 0.717) is 43.4 Å². The Bertz CT molecular complexity index is 799. The molecule has 0 aliphatic carbocycles. The fourth-order valence-corrected chi connectivity index (χ4v) is 3.93. The number of amides is 3. The minimum atomic E-state index is -0.305. The molecule has 2 saturated heterocycles. The normalized spacial score (nSPS) is 21.4. The van der Waals surface area contributed by atoms with E-state index >= 15 is 0 Å². The van der Waals surface area contributed by atoms with Gasteiger partial charge in [-0.1, -0.05) is 0 Å². The van der Waals surface area contributed by atoms with E-state index in [1.165, 1.54) is 0 Å². The Morgan fingerprint density at radius 2 is 1.93 bits per heavy atom. The highest BCUT2D eigenvalue weighted by atomic mass is 16.5. The van der Waals surface area contributed by atoms with Crippen LogP contribution in [0.15, 0.2) is 18.2 Å². The minimum Gasteiger partial charge on any atom is -0.493 e. The highest BCUT2D eigenvalue weighted by molar-refractivity contribution is 5.97. The number of hydrogen-bond acceptors (Lipinski definition) is 6. The van der Waals surface area contributed by atoms with Crippen LogP contribution in [0.2, 0.25) is 0 Å². The third kappa shape index (κ3) is 4.77. The molecule has 1 aromatic rings. The number of piperidine rings is 1. The number of ether oxygens (including phenoxy) is 3. The molecule has 9 heteroatoms. The van der Waals surface area contributed by atoms with Gasteiger partial charge in [-0.15, -0.1) is 0 Å². The van der Waals surface area contributed by atoms with Crippen LogP contribution in [0, 0.1) is 5.92 Å². The van der Waals surface area contributed by atoms with Gasteiger partial charge < -0.3 is 29.3 Å². The van der Waals surface area contributed by atoms with E-state index in [4.69, 9.17) is 14.2 Å². The quantitative estimate of drug-likeness (QED) is 0.706. The van der Waals surface area contributed by atoms with Gasteiger partial charge >= 0.3 is 12.0 Å². The third-order valence-electron chi connectivity index (χ3n) is 5.46. The molecule has 164 valence electrons. The predicted octanol–water partition coefficient (Wildman–Crippen LogP) is 1.79. The SMILES string of the molecule is CCOC(=O)[C@@H]1CCCN(C(=O)N[C@@H]2CC(=O)N(c3ccc(OC)c(OC)c3)C2)C1. The van der Waals surface area contributed by atoms with E-state index in [9.17, 15) is 14.4 Å². The first-order chi connectivity index (χ1) is 14.5. The Kier molecular flexibility index (Phi) is 7.02. The molecule has 0 aromatic heterocycles. The maximum absolute atomic E-state index is 12.7. The summed E-state index contributed by atoms with van der Waals surface area (Å²) in [5, 5.41) is 2.94. The molecule has 2 heterocycles. The summed E-state index contributed by atoms with van der Waals surface area (Å²) in [4.78, 5) is 40.5. The summed E-state index contributed by atoms with van der Waals surface area (Å²) in [7, 11) is 3.09. The number of hydrogen-bond donors (Lipinski definition) is 1. The second kappa shape index (κ2) is 9.69. The first kappa shape index (κ1) is 21.7. The van der Waals surface area contributed by atoms with Gasteiger partial charge in [0.25, 0.3) is 0 Å². The van der Waals surface area contributed by atoms with Crippen LogP contribution in [0.5, 0.6) is 11.5 Å². The number of urea groups is 1. The van der Waals surface area contributed by atoms with Gasteiger partial charge in [-0.3, -0.25) is 9.59 Å². The molecule has 30 heavy (non-hydrogen) atoms. The van der Waals surface area contributed by atoms with Crippen molar-refractivity contribution in [3.05, 3.63) is 18.2 Å². The van der Waals surface area contributed by atoms with Crippen molar-refractivity contribution in [2.45, 2.75) is 32.2 Å². The van der Waals surface area contributed by atoms with Crippen LogP contribution in [-0.4, -0.2) is 69.3 Å². The molecule has 2 fully saturated rings. The molecular formula is C21H29N3O6. The summed E-state index contributed by atoms with van der Waals surface area (Å²) in [5.41, 5.74) is 0.690. The van der Waals surface area contributed by atoms with Gasteiger partial charge in [0.1, 0.15) is 0 Å². The zero-order chi connectivity index (χ0) is 21.7. The van der Waals surface area contributed by atoms with Crippen LogP contribution >= 0.6 is 0 Å². The zero-order valence-corrected chi connectivity index (χ0v) is 17.7. The van der Waals surface area contributed by atoms with Gasteiger partial charge in [-0.2, -0.15) is 0 Å². The largest absolute Gasteiger partial charge is 0.493 e. The van der Waals surface area contributed by atoms with Gasteiger partial charge in [0.05, 0.1) is 32.8 Å². The van der Waals surface area contributed by atoms with Gasteiger partial charge in [0, 0.05) is 37.8 Å². The highest BCUT2D eigenvalue weighted by Crippen LogP contribution is 2.33. The summed E-state index contributed by atoms with van der Waals surface area (Å²) in [6.45, 7) is 3.39. The molecule has 2 aliphatic rings. The molecule has 0 saturated carbocycles. The number of rotatable bonds is 6. The van der Waals surface area contributed by atoms with Gasteiger partial charge in [-0.05, 0) is 31.9 Å². The molecule has 3 amide bonds. The van der Waals surface area contributed by atoms with Crippen molar-refractivity contribution in [3.63, 3.8) is 0 Å². The van der Waals surface area contributed by atoms with Crippen molar-refractivity contribution in [2.24, 2.45) is 5.92 Å². The number of nitrogens with zero attached hydrogens (tertiary/aromatic N) is 2. The van der Waals surface area contributed by atoms with E-state index in [2.05, 4.69) is 5.32 Å². The van der Waals surface area contributed by atoms with Gasteiger partial charge in [0.2, 0.25) is 5.91 Å². The van der Waals surface area contributed by atoms with Crippen molar-refractivity contribution in [3.8, 4) is 11.5 Å². The first-order valence-corrected chi connectivity index (χ1v) is 10.2. The van der Waals surface area contributed by atoms with E-state index in [-0.39, 0.29) is 36.3 Å². The summed E-state index contributed by atoms with van der Waals surface area (Å²) in [6, 6.07) is 4.72. The second-order valence-corrected chi connectivity index (χ2v) is 7.43. The number of anilines is 1. The van der Waals surface area contributed by atoms with Crippen molar-refractivity contribution in [2.75, 3.05) is 45.4 Å². The molecular weight excluding hydrogens is 390 g/mol. The molecule has 0 unspecified atom stereocenters. The van der Waals surface area contributed by atoms with Crippen LogP contribution in [0.3, 0.4) is 0 Å². The monoisotopic (exact) mass is 419 g/mol. The summed E-state index contributed by atoms with van der Waals surface area (Å²) < 4.78 is 15.6. The Labute approximate surface area is 176 Å². The van der Waals surface area contributed by atoms with Crippen molar-refractivity contribution in [1.29, 1.82) is 0 Å². The molecule has 0 radical (unpaired) electrons. The fourth-order valence-electron chi connectivity index (χ4n) is 3.93.